The number of aromatic nitrogens is 1. The molecule has 0 N–H and O–H groups in total. The molecule has 1 amide bonds. The van der Waals surface area contributed by atoms with Crippen molar-refractivity contribution in [1.29, 1.82) is 0 Å². The Morgan fingerprint density at radius 3 is 2.76 bits per heavy atom. The maximum absolute atomic E-state index is 12.2. The van der Waals surface area contributed by atoms with E-state index in [9.17, 15) is 4.79 Å². The molecule has 0 saturated carbocycles. The molecule has 0 spiro atoms. The Morgan fingerprint density at radius 2 is 2.12 bits per heavy atom. The van der Waals surface area contributed by atoms with Crippen LogP contribution in [0.15, 0.2) is 28.9 Å². The minimum atomic E-state index is 0.157. The third-order valence-electron chi connectivity index (χ3n) is 3.33. The summed E-state index contributed by atoms with van der Waals surface area (Å²) >= 11 is 3.46. The van der Waals surface area contributed by atoms with Crippen molar-refractivity contribution in [2.75, 3.05) is 13.1 Å². The summed E-state index contributed by atoms with van der Waals surface area (Å²) < 4.78 is 3.04. The molecule has 3 rings (SSSR count). The van der Waals surface area contributed by atoms with Gasteiger partial charge in [-0.3, -0.25) is 4.79 Å². The van der Waals surface area contributed by atoms with Crippen molar-refractivity contribution < 1.29 is 4.79 Å². The van der Waals surface area contributed by atoms with E-state index in [1.54, 1.807) is 0 Å². The number of hydrogen-bond acceptors (Lipinski definition) is 1. The van der Waals surface area contributed by atoms with Crippen LogP contribution in [0, 0.1) is 0 Å². The predicted octanol–water partition coefficient (Wildman–Crippen LogP) is 2.79. The Kier molecular flexibility index (Phi) is 2.47. The highest BCUT2D eigenvalue weighted by molar-refractivity contribution is 9.10. The Balaban J connectivity index is 2.13. The van der Waals surface area contributed by atoms with Gasteiger partial charge in [-0.25, -0.2) is 0 Å². The average Bonchev–Trinajstić information content (AvgIpc) is 2.53. The number of rotatable bonds is 1. The van der Waals surface area contributed by atoms with E-state index in [4.69, 9.17) is 0 Å². The van der Waals surface area contributed by atoms with Gasteiger partial charge in [0, 0.05) is 41.7 Å². The lowest BCUT2D eigenvalue weighted by molar-refractivity contribution is 0.0653. The van der Waals surface area contributed by atoms with Gasteiger partial charge in [-0.05, 0) is 18.6 Å². The summed E-state index contributed by atoms with van der Waals surface area (Å²) in [7, 11) is 1.97. The molecule has 0 radical (unpaired) electrons. The molecule has 3 nitrogen and oxygen atoms in total. The number of nitrogens with zero attached hydrogens (tertiary/aromatic N) is 2. The smallest absolute Gasteiger partial charge is 0.256 e. The SMILES string of the molecule is Cn1cc(C(=O)N2CCC2)c2ccc(Br)cc21. The van der Waals surface area contributed by atoms with Crippen LogP contribution in [0.25, 0.3) is 10.9 Å². The Bertz CT molecular complexity index is 599. The molecule has 2 aromatic rings. The first kappa shape index (κ1) is 10.8. The first-order valence-electron chi connectivity index (χ1n) is 5.70. The second-order valence-electron chi connectivity index (χ2n) is 4.46. The zero-order chi connectivity index (χ0) is 12.0. The summed E-state index contributed by atoms with van der Waals surface area (Å²) in [6.45, 7) is 1.79. The molecule has 88 valence electrons. The fraction of sp³-hybridized carbons (Fsp3) is 0.308. The highest BCUT2D eigenvalue weighted by atomic mass is 79.9. The molecule has 1 aromatic heterocycles. The van der Waals surface area contributed by atoms with Gasteiger partial charge >= 0.3 is 0 Å². The quantitative estimate of drug-likeness (QED) is 0.793. The third-order valence-corrected chi connectivity index (χ3v) is 3.82. The number of hydrogen-bond donors (Lipinski definition) is 0. The van der Waals surface area contributed by atoms with E-state index in [1.165, 1.54) is 0 Å². The molecule has 1 aromatic carbocycles. The highest BCUT2D eigenvalue weighted by Crippen LogP contribution is 2.26. The third kappa shape index (κ3) is 1.67. The number of fused-ring (bicyclic) bond motifs is 1. The number of benzene rings is 1. The van der Waals surface area contributed by atoms with E-state index in [0.717, 1.165) is 40.4 Å². The van der Waals surface area contributed by atoms with E-state index in [1.807, 2.05) is 40.9 Å². The normalized spacial score (nSPS) is 15.1. The molecule has 1 aliphatic heterocycles. The highest BCUT2D eigenvalue weighted by Gasteiger charge is 2.24. The molecule has 0 unspecified atom stereocenters. The topological polar surface area (TPSA) is 25.2 Å². The van der Waals surface area contributed by atoms with Crippen molar-refractivity contribution in [2.45, 2.75) is 6.42 Å². The van der Waals surface area contributed by atoms with Crippen LogP contribution in [0.2, 0.25) is 0 Å². The van der Waals surface area contributed by atoms with Gasteiger partial charge in [0.15, 0.2) is 0 Å². The maximum Gasteiger partial charge on any atom is 0.256 e. The number of carbonyl (C=O) groups is 1. The summed E-state index contributed by atoms with van der Waals surface area (Å²) in [5, 5.41) is 1.03. The van der Waals surface area contributed by atoms with Gasteiger partial charge in [0.25, 0.3) is 5.91 Å². The predicted molar refractivity (Wildman–Crippen MR) is 71.1 cm³/mol. The number of aryl methyl sites for hydroxylation is 1. The number of halogens is 1. The largest absolute Gasteiger partial charge is 0.350 e. The second-order valence-corrected chi connectivity index (χ2v) is 5.38. The average molecular weight is 293 g/mol. The fourth-order valence-corrected chi connectivity index (χ4v) is 2.57. The van der Waals surface area contributed by atoms with Crippen LogP contribution in [0.1, 0.15) is 16.8 Å². The lowest BCUT2D eigenvalue weighted by atomic mass is 10.1. The summed E-state index contributed by atoms with van der Waals surface area (Å²) in [6, 6.07) is 6.03. The van der Waals surface area contributed by atoms with Gasteiger partial charge in [0.05, 0.1) is 5.56 Å². The van der Waals surface area contributed by atoms with Crippen LogP contribution in [-0.4, -0.2) is 28.5 Å². The molecule has 4 heteroatoms. The fourth-order valence-electron chi connectivity index (χ4n) is 2.22. The summed E-state index contributed by atoms with van der Waals surface area (Å²) in [5.74, 6) is 0.157. The van der Waals surface area contributed by atoms with Crippen molar-refractivity contribution in [3.05, 3.63) is 34.4 Å². The zero-order valence-corrected chi connectivity index (χ0v) is 11.2. The van der Waals surface area contributed by atoms with Crippen molar-refractivity contribution in [1.82, 2.24) is 9.47 Å². The standard InChI is InChI=1S/C13H13BrN2O/c1-15-8-11(13(17)16-5-2-6-16)10-4-3-9(14)7-12(10)15/h3-4,7-8H,2,5-6H2,1H3. The molecule has 2 heterocycles. The van der Waals surface area contributed by atoms with Crippen LogP contribution in [-0.2, 0) is 7.05 Å². The van der Waals surface area contributed by atoms with Crippen molar-refractivity contribution in [3.63, 3.8) is 0 Å². The van der Waals surface area contributed by atoms with Crippen LogP contribution in [0.4, 0.5) is 0 Å². The number of carbonyl (C=O) groups excluding carboxylic acids is 1. The molecular weight excluding hydrogens is 280 g/mol. The summed E-state index contributed by atoms with van der Waals surface area (Å²) in [5.41, 5.74) is 1.90. The summed E-state index contributed by atoms with van der Waals surface area (Å²) in [4.78, 5) is 14.1. The Hall–Kier alpha value is -1.29. The van der Waals surface area contributed by atoms with Gasteiger partial charge in [0.2, 0.25) is 0 Å². The van der Waals surface area contributed by atoms with Gasteiger partial charge < -0.3 is 9.47 Å². The van der Waals surface area contributed by atoms with Crippen LogP contribution < -0.4 is 0 Å². The van der Waals surface area contributed by atoms with Crippen LogP contribution in [0.5, 0.6) is 0 Å². The zero-order valence-electron chi connectivity index (χ0n) is 9.61. The molecule has 17 heavy (non-hydrogen) atoms. The van der Waals surface area contributed by atoms with Gasteiger partial charge in [-0.15, -0.1) is 0 Å². The lowest BCUT2D eigenvalue weighted by Gasteiger charge is -2.30. The lowest BCUT2D eigenvalue weighted by Crippen LogP contribution is -2.41. The monoisotopic (exact) mass is 292 g/mol. The van der Waals surface area contributed by atoms with Crippen molar-refractivity contribution >= 4 is 32.7 Å². The summed E-state index contributed by atoms with van der Waals surface area (Å²) in [6.07, 6.45) is 3.06. The van der Waals surface area contributed by atoms with E-state index in [0.29, 0.717) is 0 Å². The first-order chi connectivity index (χ1) is 8.16. The second kappa shape index (κ2) is 3.88. The van der Waals surface area contributed by atoms with E-state index in [-0.39, 0.29) is 5.91 Å². The molecular formula is C13H13BrN2O. The molecule has 0 bridgehead atoms. The van der Waals surface area contributed by atoms with Crippen LogP contribution in [0.3, 0.4) is 0 Å². The van der Waals surface area contributed by atoms with E-state index >= 15 is 0 Å². The minimum absolute atomic E-state index is 0.157. The maximum atomic E-state index is 12.2. The van der Waals surface area contributed by atoms with Crippen molar-refractivity contribution in [2.24, 2.45) is 7.05 Å². The number of likely N-dealkylation sites (tertiary alicyclic amines) is 1. The van der Waals surface area contributed by atoms with Crippen molar-refractivity contribution in [3.8, 4) is 0 Å². The molecule has 0 aliphatic carbocycles. The number of amides is 1. The Morgan fingerprint density at radius 1 is 1.35 bits per heavy atom. The first-order valence-corrected chi connectivity index (χ1v) is 6.50. The van der Waals surface area contributed by atoms with Gasteiger partial charge in [0.1, 0.15) is 0 Å². The Labute approximate surface area is 108 Å². The molecule has 1 aliphatic rings. The van der Waals surface area contributed by atoms with E-state index < -0.39 is 0 Å². The molecule has 1 saturated heterocycles. The van der Waals surface area contributed by atoms with Gasteiger partial charge in [-0.2, -0.15) is 0 Å². The van der Waals surface area contributed by atoms with E-state index in [2.05, 4.69) is 15.9 Å². The van der Waals surface area contributed by atoms with Gasteiger partial charge in [-0.1, -0.05) is 22.0 Å². The molecule has 1 fully saturated rings. The molecule has 0 atom stereocenters. The van der Waals surface area contributed by atoms with Crippen LogP contribution >= 0.6 is 15.9 Å². The minimum Gasteiger partial charge on any atom is -0.350 e.